The molecule has 0 aromatic heterocycles. The standard InChI is InChI=1S/C24H26ClN3O6/c1-13(2)21-24(33)28(17(22(26)31)10-14-6-4-3-5-7-14)20(23(32)27-12-19(29)30)16-11-15(25)8-9-18(16)34-21/h3-9,11,13,17,20-21H,10,12H2,1-2H3,(H2,26,31)(H,27,32)(H,29,30). The highest BCUT2D eigenvalue weighted by Crippen LogP contribution is 2.39. The topological polar surface area (TPSA) is 139 Å². The van der Waals surface area contributed by atoms with E-state index in [-0.39, 0.29) is 28.7 Å². The zero-order valence-electron chi connectivity index (χ0n) is 18.7. The lowest BCUT2D eigenvalue weighted by Gasteiger charge is -2.36. The summed E-state index contributed by atoms with van der Waals surface area (Å²) in [5.41, 5.74) is 6.71. The van der Waals surface area contributed by atoms with Gasteiger partial charge in [-0.2, -0.15) is 0 Å². The van der Waals surface area contributed by atoms with Gasteiger partial charge in [0.25, 0.3) is 5.91 Å². The van der Waals surface area contributed by atoms with Gasteiger partial charge in [0.2, 0.25) is 11.8 Å². The second kappa shape index (κ2) is 10.6. The van der Waals surface area contributed by atoms with Gasteiger partial charge in [-0.1, -0.05) is 55.8 Å². The lowest BCUT2D eigenvalue weighted by molar-refractivity contribution is -0.152. The Kier molecular flexibility index (Phi) is 7.78. The predicted molar refractivity (Wildman–Crippen MR) is 124 cm³/mol. The van der Waals surface area contributed by atoms with Gasteiger partial charge in [0.1, 0.15) is 24.4 Å². The lowest BCUT2D eigenvalue weighted by atomic mass is 9.96. The van der Waals surface area contributed by atoms with E-state index < -0.39 is 48.4 Å². The summed E-state index contributed by atoms with van der Waals surface area (Å²) in [5.74, 6) is -3.58. The average Bonchev–Trinajstić information content (AvgIpc) is 2.90. The minimum absolute atomic E-state index is 0.0470. The molecule has 3 atom stereocenters. The normalized spacial score (nSPS) is 18.5. The zero-order valence-corrected chi connectivity index (χ0v) is 19.5. The van der Waals surface area contributed by atoms with E-state index in [1.54, 1.807) is 44.2 Å². The first-order chi connectivity index (χ1) is 16.1. The minimum Gasteiger partial charge on any atom is -0.480 e. The number of carbonyl (C=O) groups is 4. The Morgan fingerprint density at radius 1 is 1.18 bits per heavy atom. The molecule has 9 nitrogen and oxygen atoms in total. The zero-order chi connectivity index (χ0) is 25.0. The smallest absolute Gasteiger partial charge is 0.322 e. The third-order valence-corrected chi connectivity index (χ3v) is 5.74. The van der Waals surface area contributed by atoms with Gasteiger partial charge in [-0.05, 0) is 29.7 Å². The molecule has 0 aliphatic carbocycles. The number of halogens is 1. The van der Waals surface area contributed by atoms with Gasteiger partial charge in [-0.15, -0.1) is 0 Å². The summed E-state index contributed by atoms with van der Waals surface area (Å²) in [6, 6.07) is 10.9. The monoisotopic (exact) mass is 487 g/mol. The van der Waals surface area contributed by atoms with Crippen LogP contribution in [0, 0.1) is 5.92 Å². The summed E-state index contributed by atoms with van der Waals surface area (Å²) in [5, 5.41) is 11.6. The molecule has 0 saturated heterocycles. The molecule has 1 aliphatic heterocycles. The van der Waals surface area contributed by atoms with E-state index in [2.05, 4.69) is 5.32 Å². The molecule has 2 aromatic carbocycles. The molecule has 34 heavy (non-hydrogen) atoms. The molecule has 3 rings (SSSR count). The third kappa shape index (κ3) is 5.48. The Balaban J connectivity index is 2.20. The molecule has 1 heterocycles. The highest BCUT2D eigenvalue weighted by Gasteiger charge is 2.46. The number of primary amides is 1. The van der Waals surface area contributed by atoms with Gasteiger partial charge in [-0.25, -0.2) is 0 Å². The highest BCUT2D eigenvalue weighted by atomic mass is 35.5. The first-order valence-electron chi connectivity index (χ1n) is 10.7. The van der Waals surface area contributed by atoms with Gasteiger partial charge in [0.05, 0.1) is 0 Å². The van der Waals surface area contributed by atoms with Crippen molar-refractivity contribution >= 4 is 35.3 Å². The number of carboxylic acid groups (broad SMARTS) is 1. The van der Waals surface area contributed by atoms with E-state index in [4.69, 9.17) is 27.2 Å². The van der Waals surface area contributed by atoms with Crippen molar-refractivity contribution in [2.75, 3.05) is 6.54 Å². The maximum Gasteiger partial charge on any atom is 0.322 e. The van der Waals surface area contributed by atoms with Crippen LogP contribution in [0.3, 0.4) is 0 Å². The van der Waals surface area contributed by atoms with Crippen LogP contribution in [-0.2, 0) is 25.6 Å². The van der Waals surface area contributed by atoms with Crippen LogP contribution in [0.4, 0.5) is 0 Å². The van der Waals surface area contributed by atoms with Crippen molar-refractivity contribution in [2.24, 2.45) is 11.7 Å². The first kappa shape index (κ1) is 25.0. The fraction of sp³-hybridized carbons (Fsp3) is 0.333. The molecule has 0 radical (unpaired) electrons. The number of amides is 3. The van der Waals surface area contributed by atoms with Gasteiger partial charge in [-0.3, -0.25) is 19.2 Å². The van der Waals surface area contributed by atoms with Crippen LogP contribution in [0.15, 0.2) is 48.5 Å². The van der Waals surface area contributed by atoms with Crippen molar-refractivity contribution in [2.45, 2.75) is 38.5 Å². The van der Waals surface area contributed by atoms with Crippen LogP contribution < -0.4 is 15.8 Å². The van der Waals surface area contributed by atoms with E-state index in [1.807, 2.05) is 6.07 Å². The quantitative estimate of drug-likeness (QED) is 0.520. The number of carboxylic acids is 1. The summed E-state index contributed by atoms with van der Waals surface area (Å²) >= 11 is 6.21. The van der Waals surface area contributed by atoms with Crippen LogP contribution in [0.2, 0.25) is 5.02 Å². The maximum atomic E-state index is 13.8. The van der Waals surface area contributed by atoms with E-state index >= 15 is 0 Å². The number of hydrogen-bond acceptors (Lipinski definition) is 5. The Hall–Kier alpha value is -3.59. The number of nitrogens with one attached hydrogen (secondary N) is 1. The Morgan fingerprint density at radius 2 is 1.85 bits per heavy atom. The van der Waals surface area contributed by atoms with Crippen molar-refractivity contribution in [3.05, 3.63) is 64.7 Å². The third-order valence-electron chi connectivity index (χ3n) is 5.50. The number of benzene rings is 2. The summed E-state index contributed by atoms with van der Waals surface area (Å²) in [7, 11) is 0. The highest BCUT2D eigenvalue weighted by molar-refractivity contribution is 6.30. The Morgan fingerprint density at radius 3 is 2.44 bits per heavy atom. The summed E-state index contributed by atoms with van der Waals surface area (Å²) < 4.78 is 6.00. The molecule has 0 fully saturated rings. The fourth-order valence-electron chi connectivity index (χ4n) is 3.91. The van der Waals surface area contributed by atoms with E-state index in [9.17, 15) is 19.2 Å². The molecule has 180 valence electrons. The number of ether oxygens (including phenoxy) is 1. The molecular formula is C24H26ClN3O6. The summed E-state index contributed by atoms with van der Waals surface area (Å²) in [4.78, 5) is 52.0. The number of nitrogens with zero attached hydrogens (tertiary/aromatic N) is 1. The van der Waals surface area contributed by atoms with Crippen LogP contribution in [0.25, 0.3) is 0 Å². The number of hydrogen-bond donors (Lipinski definition) is 3. The molecule has 3 unspecified atom stereocenters. The number of fused-ring (bicyclic) bond motifs is 1. The van der Waals surface area contributed by atoms with Crippen molar-refractivity contribution in [1.82, 2.24) is 10.2 Å². The maximum absolute atomic E-state index is 13.8. The Labute approximate surface area is 201 Å². The molecule has 4 N–H and O–H groups in total. The first-order valence-corrected chi connectivity index (χ1v) is 11.1. The van der Waals surface area contributed by atoms with Crippen LogP contribution >= 0.6 is 11.6 Å². The largest absolute Gasteiger partial charge is 0.480 e. The summed E-state index contributed by atoms with van der Waals surface area (Å²) in [6.07, 6.45) is -0.972. The van der Waals surface area contributed by atoms with Gasteiger partial charge < -0.3 is 25.8 Å². The van der Waals surface area contributed by atoms with Gasteiger partial charge in [0.15, 0.2) is 6.10 Å². The molecule has 3 amide bonds. The number of carbonyl (C=O) groups excluding carboxylic acids is 3. The van der Waals surface area contributed by atoms with Gasteiger partial charge >= 0.3 is 5.97 Å². The SMILES string of the molecule is CC(C)C1Oc2ccc(Cl)cc2C(C(=O)NCC(=O)O)N(C(Cc2ccccc2)C(N)=O)C1=O. The molecule has 0 bridgehead atoms. The molecule has 2 aromatic rings. The Bertz CT molecular complexity index is 1090. The van der Waals surface area contributed by atoms with E-state index in [0.29, 0.717) is 0 Å². The number of aliphatic carboxylic acids is 1. The number of rotatable bonds is 8. The summed E-state index contributed by atoms with van der Waals surface area (Å²) in [6.45, 7) is 2.87. The van der Waals surface area contributed by atoms with E-state index in [0.717, 1.165) is 10.5 Å². The van der Waals surface area contributed by atoms with Crippen LogP contribution in [0.5, 0.6) is 5.75 Å². The van der Waals surface area contributed by atoms with Crippen molar-refractivity contribution in [3.8, 4) is 5.75 Å². The molecule has 0 saturated carbocycles. The minimum atomic E-state index is -1.40. The van der Waals surface area contributed by atoms with Crippen molar-refractivity contribution in [1.29, 1.82) is 0 Å². The molecule has 10 heteroatoms. The van der Waals surface area contributed by atoms with E-state index in [1.165, 1.54) is 12.1 Å². The molecule has 1 aliphatic rings. The lowest BCUT2D eigenvalue weighted by Crippen LogP contribution is -2.57. The van der Waals surface area contributed by atoms with Gasteiger partial charge in [0, 0.05) is 17.0 Å². The second-order valence-corrected chi connectivity index (χ2v) is 8.77. The van der Waals surface area contributed by atoms with Crippen molar-refractivity contribution < 1.29 is 29.0 Å². The van der Waals surface area contributed by atoms with Crippen molar-refractivity contribution in [3.63, 3.8) is 0 Å². The molecule has 0 spiro atoms. The van der Waals surface area contributed by atoms with Crippen LogP contribution in [0.1, 0.15) is 31.0 Å². The molecular weight excluding hydrogens is 462 g/mol. The predicted octanol–water partition coefficient (Wildman–Crippen LogP) is 1.92. The fourth-order valence-corrected chi connectivity index (χ4v) is 4.09. The average molecular weight is 488 g/mol. The second-order valence-electron chi connectivity index (χ2n) is 8.33. The van der Waals surface area contributed by atoms with Crippen LogP contribution in [-0.4, -0.2) is 52.4 Å². The number of nitrogens with two attached hydrogens (primary N) is 1.